The second-order valence-corrected chi connectivity index (χ2v) is 4.94. The Hall–Kier alpha value is -0.380. The van der Waals surface area contributed by atoms with Gasteiger partial charge in [-0.15, -0.1) is 11.3 Å². The highest BCUT2D eigenvalue weighted by molar-refractivity contribution is 7.10. The van der Waals surface area contributed by atoms with E-state index in [1.807, 2.05) is 11.3 Å². The average molecular weight is 210 g/mol. The van der Waals surface area contributed by atoms with Gasteiger partial charge in [-0.25, -0.2) is 0 Å². The molecule has 0 bridgehead atoms. The second-order valence-electron chi connectivity index (χ2n) is 3.96. The summed E-state index contributed by atoms with van der Waals surface area (Å²) in [5, 5.41) is 2.14. The second kappa shape index (κ2) is 4.91. The molecule has 2 rings (SSSR count). The van der Waals surface area contributed by atoms with Crippen molar-refractivity contribution in [1.29, 1.82) is 0 Å². The fourth-order valence-electron chi connectivity index (χ4n) is 2.08. The monoisotopic (exact) mass is 210 g/mol. The van der Waals surface area contributed by atoms with E-state index in [0.29, 0.717) is 5.92 Å². The summed E-state index contributed by atoms with van der Waals surface area (Å²) < 4.78 is 0. The van der Waals surface area contributed by atoms with Gasteiger partial charge in [0.2, 0.25) is 0 Å². The zero-order valence-electron chi connectivity index (χ0n) is 8.48. The van der Waals surface area contributed by atoms with Gasteiger partial charge in [0.15, 0.2) is 0 Å². The van der Waals surface area contributed by atoms with E-state index < -0.39 is 0 Å². The SMILES string of the molecule is NCC(CN1CCCC1)c1cccs1. The van der Waals surface area contributed by atoms with Crippen LogP contribution in [0.5, 0.6) is 0 Å². The lowest BCUT2D eigenvalue weighted by Gasteiger charge is -2.21. The van der Waals surface area contributed by atoms with Crippen molar-refractivity contribution in [3.63, 3.8) is 0 Å². The van der Waals surface area contributed by atoms with Crippen LogP contribution in [0.3, 0.4) is 0 Å². The summed E-state index contributed by atoms with van der Waals surface area (Å²) in [6, 6.07) is 4.32. The fourth-order valence-corrected chi connectivity index (χ4v) is 2.92. The molecule has 2 N–H and O–H groups in total. The Morgan fingerprint density at radius 2 is 2.21 bits per heavy atom. The first kappa shape index (κ1) is 10.1. The normalized spacial score (nSPS) is 20.1. The molecular weight excluding hydrogens is 192 g/mol. The van der Waals surface area contributed by atoms with E-state index in [2.05, 4.69) is 22.4 Å². The van der Waals surface area contributed by atoms with E-state index in [9.17, 15) is 0 Å². The van der Waals surface area contributed by atoms with Crippen LogP contribution in [0.25, 0.3) is 0 Å². The predicted molar refractivity (Wildman–Crippen MR) is 61.8 cm³/mol. The maximum Gasteiger partial charge on any atom is 0.0183 e. The zero-order chi connectivity index (χ0) is 9.80. The van der Waals surface area contributed by atoms with Gasteiger partial charge < -0.3 is 10.6 Å². The van der Waals surface area contributed by atoms with Crippen LogP contribution in [-0.2, 0) is 0 Å². The van der Waals surface area contributed by atoms with E-state index in [4.69, 9.17) is 5.73 Å². The molecular formula is C11H18N2S. The standard InChI is InChI=1S/C11H18N2S/c12-8-10(11-4-3-7-14-11)9-13-5-1-2-6-13/h3-4,7,10H,1-2,5-6,8-9,12H2. The van der Waals surface area contributed by atoms with Crippen LogP contribution >= 0.6 is 11.3 Å². The molecule has 0 saturated carbocycles. The summed E-state index contributed by atoms with van der Waals surface area (Å²) in [4.78, 5) is 3.98. The molecule has 0 radical (unpaired) electrons. The van der Waals surface area contributed by atoms with Gasteiger partial charge in [-0.1, -0.05) is 6.07 Å². The highest BCUT2D eigenvalue weighted by Crippen LogP contribution is 2.22. The number of hydrogen-bond acceptors (Lipinski definition) is 3. The molecule has 1 fully saturated rings. The van der Waals surface area contributed by atoms with Crippen molar-refractivity contribution in [3.05, 3.63) is 22.4 Å². The van der Waals surface area contributed by atoms with Gasteiger partial charge in [-0.05, 0) is 37.4 Å². The van der Waals surface area contributed by atoms with Crippen LogP contribution in [0, 0.1) is 0 Å². The topological polar surface area (TPSA) is 29.3 Å². The fraction of sp³-hybridized carbons (Fsp3) is 0.636. The molecule has 0 aliphatic carbocycles. The maximum absolute atomic E-state index is 5.82. The molecule has 1 aliphatic heterocycles. The van der Waals surface area contributed by atoms with E-state index in [-0.39, 0.29) is 0 Å². The van der Waals surface area contributed by atoms with Gasteiger partial charge in [0, 0.05) is 23.9 Å². The van der Waals surface area contributed by atoms with Crippen molar-refractivity contribution in [2.75, 3.05) is 26.2 Å². The third-order valence-electron chi connectivity index (χ3n) is 2.91. The van der Waals surface area contributed by atoms with Gasteiger partial charge in [0.1, 0.15) is 0 Å². The molecule has 1 saturated heterocycles. The number of rotatable bonds is 4. The van der Waals surface area contributed by atoms with Crippen LogP contribution in [0.2, 0.25) is 0 Å². The number of hydrogen-bond donors (Lipinski definition) is 1. The molecule has 1 aromatic rings. The van der Waals surface area contributed by atoms with E-state index in [1.165, 1.54) is 30.8 Å². The van der Waals surface area contributed by atoms with Crippen LogP contribution < -0.4 is 5.73 Å². The van der Waals surface area contributed by atoms with E-state index >= 15 is 0 Å². The van der Waals surface area contributed by atoms with Gasteiger partial charge in [-0.2, -0.15) is 0 Å². The lowest BCUT2D eigenvalue weighted by molar-refractivity contribution is 0.317. The van der Waals surface area contributed by atoms with Crippen molar-refractivity contribution in [2.45, 2.75) is 18.8 Å². The maximum atomic E-state index is 5.82. The van der Waals surface area contributed by atoms with Crippen molar-refractivity contribution in [2.24, 2.45) is 5.73 Å². The van der Waals surface area contributed by atoms with Crippen molar-refractivity contribution < 1.29 is 0 Å². The van der Waals surface area contributed by atoms with Crippen LogP contribution in [-0.4, -0.2) is 31.1 Å². The molecule has 1 atom stereocenters. The first-order valence-corrected chi connectivity index (χ1v) is 6.24. The molecule has 2 heterocycles. The number of likely N-dealkylation sites (tertiary alicyclic amines) is 1. The Balaban J connectivity index is 1.93. The summed E-state index contributed by atoms with van der Waals surface area (Å²) in [6.45, 7) is 4.46. The highest BCUT2D eigenvalue weighted by Gasteiger charge is 2.18. The minimum Gasteiger partial charge on any atom is -0.330 e. The molecule has 78 valence electrons. The third-order valence-corrected chi connectivity index (χ3v) is 3.94. The summed E-state index contributed by atoms with van der Waals surface area (Å²) in [5.41, 5.74) is 5.82. The van der Waals surface area contributed by atoms with Crippen LogP contribution in [0.1, 0.15) is 23.6 Å². The van der Waals surface area contributed by atoms with Gasteiger partial charge >= 0.3 is 0 Å². The lowest BCUT2D eigenvalue weighted by atomic mass is 10.1. The number of nitrogens with zero attached hydrogens (tertiary/aromatic N) is 1. The molecule has 1 unspecified atom stereocenters. The first-order chi connectivity index (χ1) is 6.90. The first-order valence-electron chi connectivity index (χ1n) is 5.36. The minimum atomic E-state index is 0.549. The van der Waals surface area contributed by atoms with Gasteiger partial charge in [0.05, 0.1) is 0 Å². The van der Waals surface area contributed by atoms with Crippen LogP contribution in [0.4, 0.5) is 0 Å². The summed E-state index contributed by atoms with van der Waals surface area (Å²) in [6.07, 6.45) is 2.73. The van der Waals surface area contributed by atoms with E-state index in [0.717, 1.165) is 13.1 Å². The zero-order valence-corrected chi connectivity index (χ0v) is 9.30. The van der Waals surface area contributed by atoms with Crippen molar-refractivity contribution >= 4 is 11.3 Å². The molecule has 1 aliphatic rings. The summed E-state index contributed by atoms with van der Waals surface area (Å²) in [5.74, 6) is 0.549. The largest absolute Gasteiger partial charge is 0.330 e. The van der Waals surface area contributed by atoms with Gasteiger partial charge in [-0.3, -0.25) is 0 Å². The van der Waals surface area contributed by atoms with Gasteiger partial charge in [0.25, 0.3) is 0 Å². The summed E-state index contributed by atoms with van der Waals surface area (Å²) in [7, 11) is 0. The predicted octanol–water partition coefficient (Wildman–Crippen LogP) is 1.89. The Bertz CT molecular complexity index is 252. The average Bonchev–Trinajstić information content (AvgIpc) is 2.86. The Morgan fingerprint density at radius 3 is 2.79 bits per heavy atom. The van der Waals surface area contributed by atoms with Crippen molar-refractivity contribution in [1.82, 2.24) is 4.90 Å². The molecule has 0 amide bonds. The van der Waals surface area contributed by atoms with Crippen LogP contribution in [0.15, 0.2) is 17.5 Å². The molecule has 0 aromatic carbocycles. The molecule has 2 nitrogen and oxygen atoms in total. The van der Waals surface area contributed by atoms with E-state index in [1.54, 1.807) is 0 Å². The Kier molecular flexibility index (Phi) is 3.56. The molecule has 1 aromatic heterocycles. The molecule has 14 heavy (non-hydrogen) atoms. The number of thiophene rings is 1. The third kappa shape index (κ3) is 2.35. The highest BCUT2D eigenvalue weighted by atomic mass is 32.1. The minimum absolute atomic E-state index is 0.549. The Morgan fingerprint density at radius 1 is 1.43 bits per heavy atom. The number of nitrogens with two attached hydrogens (primary N) is 1. The quantitative estimate of drug-likeness (QED) is 0.822. The van der Waals surface area contributed by atoms with Crippen molar-refractivity contribution in [3.8, 4) is 0 Å². The smallest absolute Gasteiger partial charge is 0.0183 e. The summed E-state index contributed by atoms with van der Waals surface area (Å²) >= 11 is 1.83. The lowest BCUT2D eigenvalue weighted by Crippen LogP contribution is -2.29. The molecule has 0 spiro atoms. The Labute approximate surface area is 89.7 Å². The molecule has 3 heteroatoms.